The van der Waals surface area contributed by atoms with Gasteiger partial charge in [0.15, 0.2) is 5.13 Å². The van der Waals surface area contributed by atoms with Gasteiger partial charge in [-0.05, 0) is 55.3 Å². The van der Waals surface area contributed by atoms with Gasteiger partial charge < -0.3 is 19.9 Å². The molecule has 36 heavy (non-hydrogen) atoms. The molecule has 0 saturated carbocycles. The second-order valence-electron chi connectivity index (χ2n) is 9.14. The fraction of sp³-hybridized carbons (Fsp3) is 0.333. The summed E-state index contributed by atoms with van der Waals surface area (Å²) in [6.07, 6.45) is 3.80. The molecule has 0 bridgehead atoms. The first kappa shape index (κ1) is 24.3. The smallest absolute Gasteiger partial charge is 0.190 e. The molecule has 186 valence electrons. The zero-order valence-corrected chi connectivity index (χ0v) is 21.5. The highest BCUT2D eigenvalue weighted by Crippen LogP contribution is 2.30. The summed E-state index contributed by atoms with van der Waals surface area (Å²) in [4.78, 5) is 32.4. The number of carbonyl (C=O) groups is 1. The zero-order chi connectivity index (χ0) is 24.9. The minimum atomic E-state index is 0.541. The molecule has 5 rings (SSSR count). The van der Waals surface area contributed by atoms with Gasteiger partial charge in [0.1, 0.15) is 28.3 Å². The number of fused-ring (bicyclic) bond motifs is 1. The molecule has 3 aromatic heterocycles. The lowest BCUT2D eigenvalue weighted by atomic mass is 10.1. The van der Waals surface area contributed by atoms with Gasteiger partial charge in [0, 0.05) is 51.7 Å². The summed E-state index contributed by atoms with van der Waals surface area (Å²) in [7, 11) is 2.03. The number of hydrogen-bond acceptors (Lipinski definition) is 9. The van der Waals surface area contributed by atoms with Crippen LogP contribution in [0, 0.1) is 6.92 Å². The molecule has 1 aromatic carbocycles. The third-order valence-corrected chi connectivity index (χ3v) is 7.46. The molecule has 1 N–H and O–H groups in total. The van der Waals surface area contributed by atoms with Crippen LogP contribution in [0.3, 0.4) is 0 Å². The summed E-state index contributed by atoms with van der Waals surface area (Å²) >= 11 is 1.53. The molecule has 4 aromatic rings. The van der Waals surface area contributed by atoms with Crippen molar-refractivity contribution >= 4 is 50.4 Å². The van der Waals surface area contributed by atoms with Crippen molar-refractivity contribution in [1.82, 2.24) is 24.8 Å². The van der Waals surface area contributed by atoms with Gasteiger partial charge in [-0.25, -0.2) is 15.0 Å². The summed E-state index contributed by atoms with van der Waals surface area (Å²) in [6.45, 7) is 7.55. The van der Waals surface area contributed by atoms with Gasteiger partial charge >= 0.3 is 0 Å². The maximum Gasteiger partial charge on any atom is 0.190 e. The summed E-state index contributed by atoms with van der Waals surface area (Å²) in [5, 5.41) is 4.15. The number of aldehydes is 1. The number of pyridine rings is 2. The van der Waals surface area contributed by atoms with Crippen molar-refractivity contribution in [2.45, 2.75) is 13.3 Å². The quantitative estimate of drug-likeness (QED) is 0.341. The molecule has 4 heterocycles. The standard InChI is InChI=1S/C27H31N7OS/c1-20-3-5-22(6-4-20)32(2)25-8-7-23-26(31-25)36-27(29-23)30-24-19-21(9-11-28-24)10-12-33-13-15-34(16-14-33)17-18-35/h3-9,11,18-19H,10,12-17H2,1-2H3,(H,28,29,30). The molecule has 0 aliphatic carbocycles. The molecule has 0 amide bonds. The lowest BCUT2D eigenvalue weighted by molar-refractivity contribution is -0.109. The van der Waals surface area contributed by atoms with E-state index in [9.17, 15) is 4.79 Å². The van der Waals surface area contributed by atoms with Crippen molar-refractivity contribution in [3.05, 3.63) is 65.9 Å². The molecule has 1 saturated heterocycles. The minimum absolute atomic E-state index is 0.541. The van der Waals surface area contributed by atoms with Crippen molar-refractivity contribution in [3.8, 4) is 0 Å². The van der Waals surface area contributed by atoms with E-state index < -0.39 is 0 Å². The third-order valence-electron chi connectivity index (χ3n) is 6.58. The number of hydrogen-bond donors (Lipinski definition) is 1. The topological polar surface area (TPSA) is 77.5 Å². The van der Waals surface area contributed by atoms with Crippen LogP contribution >= 0.6 is 11.3 Å². The average Bonchev–Trinajstić information content (AvgIpc) is 3.30. The lowest BCUT2D eigenvalue weighted by Gasteiger charge is -2.33. The van der Waals surface area contributed by atoms with Crippen LogP contribution in [0.1, 0.15) is 11.1 Å². The van der Waals surface area contributed by atoms with E-state index in [1.54, 1.807) is 0 Å². The number of aryl methyl sites for hydroxylation is 1. The maximum absolute atomic E-state index is 10.7. The highest BCUT2D eigenvalue weighted by molar-refractivity contribution is 7.21. The van der Waals surface area contributed by atoms with Gasteiger partial charge in [-0.3, -0.25) is 4.90 Å². The Hall–Kier alpha value is -3.40. The third kappa shape index (κ3) is 5.87. The predicted octanol–water partition coefficient (Wildman–Crippen LogP) is 4.27. The van der Waals surface area contributed by atoms with Crippen LogP contribution in [0.15, 0.2) is 54.7 Å². The summed E-state index contributed by atoms with van der Waals surface area (Å²) in [6, 6.07) is 16.6. The molecular formula is C27H31N7OS. The lowest BCUT2D eigenvalue weighted by Crippen LogP contribution is -2.47. The number of nitrogens with zero attached hydrogens (tertiary/aromatic N) is 6. The molecule has 0 atom stereocenters. The molecular weight excluding hydrogens is 470 g/mol. The molecule has 9 heteroatoms. The van der Waals surface area contributed by atoms with Crippen molar-refractivity contribution in [2.75, 3.05) is 56.5 Å². The Balaban J connectivity index is 1.21. The number of thiazole rings is 1. The highest BCUT2D eigenvalue weighted by Gasteiger charge is 2.16. The van der Waals surface area contributed by atoms with Crippen LogP contribution < -0.4 is 10.2 Å². The molecule has 0 spiro atoms. The van der Waals surface area contributed by atoms with Gasteiger partial charge in [-0.1, -0.05) is 29.0 Å². The zero-order valence-electron chi connectivity index (χ0n) is 20.7. The van der Waals surface area contributed by atoms with Gasteiger partial charge in [0.2, 0.25) is 0 Å². The van der Waals surface area contributed by atoms with Crippen molar-refractivity contribution in [3.63, 3.8) is 0 Å². The normalized spacial score (nSPS) is 14.7. The number of carbonyl (C=O) groups excluding carboxylic acids is 1. The van der Waals surface area contributed by atoms with E-state index in [0.717, 1.165) is 78.2 Å². The van der Waals surface area contributed by atoms with Crippen molar-refractivity contribution in [2.24, 2.45) is 0 Å². The molecule has 1 fully saturated rings. The van der Waals surface area contributed by atoms with E-state index in [1.165, 1.54) is 22.5 Å². The Bertz CT molecular complexity index is 1320. The number of anilines is 4. The van der Waals surface area contributed by atoms with Gasteiger partial charge in [-0.15, -0.1) is 0 Å². The Morgan fingerprint density at radius 2 is 1.81 bits per heavy atom. The second kappa shape index (κ2) is 11.1. The van der Waals surface area contributed by atoms with Gasteiger partial charge in [0.25, 0.3) is 0 Å². The van der Waals surface area contributed by atoms with Gasteiger partial charge in [-0.2, -0.15) is 0 Å². The van der Waals surface area contributed by atoms with Crippen molar-refractivity contribution < 1.29 is 4.79 Å². The summed E-state index contributed by atoms with van der Waals surface area (Å²) in [5.74, 6) is 1.67. The first-order valence-corrected chi connectivity index (χ1v) is 13.1. The first-order valence-electron chi connectivity index (χ1n) is 12.3. The van der Waals surface area contributed by atoms with Crippen LogP contribution in [0.25, 0.3) is 10.3 Å². The molecule has 8 nitrogen and oxygen atoms in total. The van der Waals surface area contributed by atoms with Crippen LogP contribution in [0.4, 0.5) is 22.5 Å². The SMILES string of the molecule is Cc1ccc(N(C)c2ccc3nc(Nc4cc(CCN5CCN(CC=O)CC5)ccn4)sc3n2)cc1. The summed E-state index contributed by atoms with van der Waals surface area (Å²) < 4.78 is 0. The fourth-order valence-electron chi connectivity index (χ4n) is 4.34. The molecule has 1 aliphatic heterocycles. The number of nitrogens with one attached hydrogen (secondary N) is 1. The van der Waals surface area contributed by atoms with Crippen molar-refractivity contribution in [1.29, 1.82) is 0 Å². The van der Waals surface area contributed by atoms with E-state index >= 15 is 0 Å². The molecule has 1 aliphatic rings. The van der Waals surface area contributed by atoms with E-state index in [-0.39, 0.29) is 0 Å². The Kier molecular flexibility index (Phi) is 7.50. The monoisotopic (exact) mass is 501 g/mol. The number of rotatable bonds is 9. The largest absolute Gasteiger partial charge is 0.329 e. The van der Waals surface area contributed by atoms with E-state index in [4.69, 9.17) is 9.97 Å². The molecule has 0 unspecified atom stereocenters. The maximum atomic E-state index is 10.7. The van der Waals surface area contributed by atoms with Crippen LogP contribution in [-0.2, 0) is 11.2 Å². The molecule has 0 radical (unpaired) electrons. The van der Waals surface area contributed by atoms with E-state index in [1.807, 2.05) is 25.4 Å². The number of benzene rings is 1. The predicted molar refractivity (Wildman–Crippen MR) is 147 cm³/mol. The van der Waals surface area contributed by atoms with Crippen LogP contribution in [0.5, 0.6) is 0 Å². The Labute approximate surface area is 215 Å². The van der Waals surface area contributed by atoms with Crippen LogP contribution in [-0.4, -0.2) is 77.4 Å². The van der Waals surface area contributed by atoms with E-state index in [2.05, 4.69) is 68.3 Å². The second-order valence-corrected chi connectivity index (χ2v) is 10.1. The Morgan fingerprint density at radius 1 is 1.03 bits per heavy atom. The number of aromatic nitrogens is 3. The highest BCUT2D eigenvalue weighted by atomic mass is 32.1. The average molecular weight is 502 g/mol. The van der Waals surface area contributed by atoms with E-state index in [0.29, 0.717) is 6.54 Å². The summed E-state index contributed by atoms with van der Waals surface area (Å²) in [5.41, 5.74) is 4.44. The van der Waals surface area contributed by atoms with Gasteiger partial charge in [0.05, 0.1) is 6.54 Å². The minimum Gasteiger partial charge on any atom is -0.329 e. The van der Waals surface area contributed by atoms with Crippen LogP contribution in [0.2, 0.25) is 0 Å². The fourth-order valence-corrected chi connectivity index (χ4v) is 5.18. The number of piperazine rings is 1. The first-order chi connectivity index (χ1) is 17.6. The Morgan fingerprint density at radius 3 is 2.58 bits per heavy atom.